The first kappa shape index (κ1) is 5.71. The number of hydrogen-bond donors (Lipinski definition) is 1. The summed E-state index contributed by atoms with van der Waals surface area (Å²) >= 11 is 0. The molecule has 0 radical (unpaired) electrons. The van der Waals surface area contributed by atoms with Gasteiger partial charge < -0.3 is 5.32 Å². The number of aliphatic imine (C=N–C) groups is 1. The minimum atomic E-state index is 0.757. The summed E-state index contributed by atoms with van der Waals surface area (Å²) in [6.45, 7) is 0.757. The van der Waals surface area contributed by atoms with Gasteiger partial charge in [0.25, 0.3) is 0 Å². The molecule has 2 heteroatoms. The van der Waals surface area contributed by atoms with E-state index in [1.54, 1.807) is 0 Å². The van der Waals surface area contributed by atoms with E-state index >= 15 is 0 Å². The molecule has 0 unspecified atom stereocenters. The number of rotatable bonds is 0. The van der Waals surface area contributed by atoms with Crippen molar-refractivity contribution in [2.75, 3.05) is 6.67 Å². The van der Waals surface area contributed by atoms with E-state index in [2.05, 4.69) is 22.5 Å². The van der Waals surface area contributed by atoms with E-state index in [0.29, 0.717) is 0 Å². The van der Waals surface area contributed by atoms with Gasteiger partial charge in [0.1, 0.15) is 6.67 Å². The Morgan fingerprint density at radius 1 is 1.50 bits per heavy atom. The highest BCUT2D eigenvalue weighted by atomic mass is 15.0. The SMILES string of the molecule is C1=CC2=C(CC1)NCN=C2. The molecule has 52 valence electrons. The largest absolute Gasteiger partial charge is 0.369 e. The van der Waals surface area contributed by atoms with Crippen molar-refractivity contribution in [1.82, 2.24) is 5.32 Å². The summed E-state index contributed by atoms with van der Waals surface area (Å²) in [4.78, 5) is 4.12. The lowest BCUT2D eigenvalue weighted by Crippen LogP contribution is -2.20. The maximum atomic E-state index is 4.12. The van der Waals surface area contributed by atoms with Gasteiger partial charge in [-0.3, -0.25) is 4.99 Å². The summed E-state index contributed by atoms with van der Waals surface area (Å²) < 4.78 is 0. The summed E-state index contributed by atoms with van der Waals surface area (Å²) in [6, 6.07) is 0. The minimum Gasteiger partial charge on any atom is -0.369 e. The highest BCUT2D eigenvalue weighted by Crippen LogP contribution is 2.16. The third kappa shape index (κ3) is 0.856. The number of nitrogens with one attached hydrogen (secondary N) is 1. The van der Waals surface area contributed by atoms with Gasteiger partial charge in [0, 0.05) is 17.5 Å². The van der Waals surface area contributed by atoms with E-state index in [4.69, 9.17) is 0 Å². The van der Waals surface area contributed by atoms with Crippen LogP contribution >= 0.6 is 0 Å². The van der Waals surface area contributed by atoms with Gasteiger partial charge in [0.05, 0.1) is 0 Å². The zero-order valence-corrected chi connectivity index (χ0v) is 5.80. The molecule has 0 aromatic rings. The van der Waals surface area contributed by atoms with E-state index in [0.717, 1.165) is 13.1 Å². The van der Waals surface area contributed by atoms with Crippen LogP contribution in [0.5, 0.6) is 0 Å². The third-order valence-corrected chi connectivity index (χ3v) is 1.82. The molecule has 2 rings (SSSR count). The highest BCUT2D eigenvalue weighted by Gasteiger charge is 2.07. The second-order valence-electron chi connectivity index (χ2n) is 2.52. The van der Waals surface area contributed by atoms with Gasteiger partial charge in [0.15, 0.2) is 0 Å². The topological polar surface area (TPSA) is 24.4 Å². The summed E-state index contributed by atoms with van der Waals surface area (Å²) in [5, 5.41) is 3.25. The number of allylic oxidation sites excluding steroid dienone is 4. The van der Waals surface area contributed by atoms with Crippen molar-refractivity contribution in [1.29, 1.82) is 0 Å². The molecule has 2 aliphatic rings. The van der Waals surface area contributed by atoms with Crippen LogP contribution in [0.25, 0.3) is 0 Å². The second kappa shape index (κ2) is 2.29. The molecule has 0 aromatic heterocycles. The Hall–Kier alpha value is -1.05. The molecule has 1 aliphatic heterocycles. The maximum absolute atomic E-state index is 4.12. The molecule has 1 heterocycles. The minimum absolute atomic E-state index is 0.757. The second-order valence-corrected chi connectivity index (χ2v) is 2.52. The molecule has 1 N–H and O–H groups in total. The van der Waals surface area contributed by atoms with Crippen LogP contribution in [0.1, 0.15) is 12.8 Å². The van der Waals surface area contributed by atoms with Crippen LogP contribution < -0.4 is 5.32 Å². The van der Waals surface area contributed by atoms with Crippen LogP contribution in [0.15, 0.2) is 28.4 Å². The Bertz CT molecular complexity index is 201. The zero-order valence-electron chi connectivity index (χ0n) is 5.80. The summed E-state index contributed by atoms with van der Waals surface area (Å²) in [5.41, 5.74) is 2.62. The van der Waals surface area contributed by atoms with Gasteiger partial charge >= 0.3 is 0 Å². The van der Waals surface area contributed by atoms with Crippen LogP contribution in [0.3, 0.4) is 0 Å². The molecule has 0 bridgehead atoms. The van der Waals surface area contributed by atoms with Crippen molar-refractivity contribution in [2.24, 2.45) is 4.99 Å². The molecule has 0 saturated heterocycles. The van der Waals surface area contributed by atoms with Crippen molar-refractivity contribution in [2.45, 2.75) is 12.8 Å². The molecule has 1 aliphatic carbocycles. The molecule has 10 heavy (non-hydrogen) atoms. The monoisotopic (exact) mass is 134 g/mol. The fourth-order valence-electron chi connectivity index (χ4n) is 1.28. The average molecular weight is 134 g/mol. The van der Waals surface area contributed by atoms with Gasteiger partial charge in [-0.25, -0.2) is 0 Å². The van der Waals surface area contributed by atoms with E-state index < -0.39 is 0 Å². The Kier molecular flexibility index (Phi) is 1.31. The zero-order chi connectivity index (χ0) is 6.81. The first-order valence-corrected chi connectivity index (χ1v) is 3.60. The average Bonchev–Trinajstić information content (AvgIpc) is 2.05. The lowest BCUT2D eigenvalue weighted by atomic mass is 10.0. The van der Waals surface area contributed by atoms with E-state index in [9.17, 15) is 0 Å². The Morgan fingerprint density at radius 3 is 3.40 bits per heavy atom. The van der Waals surface area contributed by atoms with Gasteiger partial charge in [-0.1, -0.05) is 12.2 Å². The molecule has 0 saturated carbocycles. The summed E-state index contributed by atoms with van der Waals surface area (Å²) in [6.07, 6.45) is 8.59. The highest BCUT2D eigenvalue weighted by molar-refractivity contribution is 5.84. The molecule has 0 atom stereocenters. The Morgan fingerprint density at radius 2 is 2.50 bits per heavy atom. The fourth-order valence-corrected chi connectivity index (χ4v) is 1.28. The molecule has 0 aromatic carbocycles. The third-order valence-electron chi connectivity index (χ3n) is 1.82. The summed E-state index contributed by atoms with van der Waals surface area (Å²) in [7, 11) is 0. The van der Waals surface area contributed by atoms with Crippen LogP contribution in [0, 0.1) is 0 Å². The molecule has 2 nitrogen and oxygen atoms in total. The van der Waals surface area contributed by atoms with Crippen molar-refractivity contribution in [3.63, 3.8) is 0 Å². The Labute approximate surface area is 60.3 Å². The van der Waals surface area contributed by atoms with E-state index in [-0.39, 0.29) is 0 Å². The fraction of sp³-hybridized carbons (Fsp3) is 0.375. The molecular weight excluding hydrogens is 124 g/mol. The number of hydrogen-bond acceptors (Lipinski definition) is 2. The van der Waals surface area contributed by atoms with Gasteiger partial charge in [-0.2, -0.15) is 0 Å². The van der Waals surface area contributed by atoms with Crippen molar-refractivity contribution < 1.29 is 0 Å². The lowest BCUT2D eigenvalue weighted by Gasteiger charge is -2.17. The van der Waals surface area contributed by atoms with Crippen molar-refractivity contribution >= 4 is 6.21 Å². The van der Waals surface area contributed by atoms with Crippen molar-refractivity contribution in [3.8, 4) is 0 Å². The van der Waals surface area contributed by atoms with Gasteiger partial charge in [-0.15, -0.1) is 0 Å². The molecule has 0 spiro atoms. The Balaban J connectivity index is 2.32. The van der Waals surface area contributed by atoms with E-state index in [1.807, 2.05) is 6.21 Å². The first-order valence-electron chi connectivity index (χ1n) is 3.60. The predicted molar refractivity (Wildman–Crippen MR) is 41.9 cm³/mol. The normalized spacial score (nSPS) is 22.4. The molecular formula is C8H10N2. The van der Waals surface area contributed by atoms with Crippen LogP contribution in [-0.4, -0.2) is 12.9 Å². The standard InChI is InChI=1S/C8H10N2/c1-2-4-8-7(3-1)5-9-6-10-8/h1,3,5,10H,2,4,6H2. The van der Waals surface area contributed by atoms with Gasteiger partial charge in [0.2, 0.25) is 0 Å². The van der Waals surface area contributed by atoms with Gasteiger partial charge in [-0.05, 0) is 12.8 Å². The van der Waals surface area contributed by atoms with Crippen LogP contribution in [0.2, 0.25) is 0 Å². The van der Waals surface area contributed by atoms with Crippen LogP contribution in [0.4, 0.5) is 0 Å². The summed E-state index contributed by atoms with van der Waals surface area (Å²) in [5.74, 6) is 0. The first-order chi connectivity index (χ1) is 4.97. The van der Waals surface area contributed by atoms with Crippen molar-refractivity contribution in [3.05, 3.63) is 23.4 Å². The quantitative estimate of drug-likeness (QED) is 0.529. The smallest absolute Gasteiger partial charge is 0.107 e. The van der Waals surface area contributed by atoms with Crippen LogP contribution in [-0.2, 0) is 0 Å². The maximum Gasteiger partial charge on any atom is 0.107 e. The molecule has 0 fully saturated rings. The lowest BCUT2D eigenvalue weighted by molar-refractivity contribution is 0.744. The number of nitrogens with zero attached hydrogens (tertiary/aromatic N) is 1. The molecule has 0 amide bonds. The predicted octanol–water partition coefficient (Wildman–Crippen LogP) is 1.22. The van der Waals surface area contributed by atoms with E-state index in [1.165, 1.54) is 17.7 Å².